The molecule has 1 heterocycles. The van der Waals surface area contributed by atoms with E-state index in [9.17, 15) is 4.79 Å². The molecule has 0 unspecified atom stereocenters. The fourth-order valence-electron chi connectivity index (χ4n) is 4.03. The van der Waals surface area contributed by atoms with Gasteiger partial charge in [-0.3, -0.25) is 14.7 Å². The van der Waals surface area contributed by atoms with Crippen LogP contribution in [0.15, 0.2) is 4.99 Å². The van der Waals surface area contributed by atoms with E-state index in [0.717, 1.165) is 64.0 Å². The Hall–Kier alpha value is -0.570. The number of carbonyl (C=O) groups is 1. The summed E-state index contributed by atoms with van der Waals surface area (Å²) in [5.74, 6) is 2.23. The lowest BCUT2D eigenvalue weighted by molar-refractivity contribution is -0.122. The summed E-state index contributed by atoms with van der Waals surface area (Å²) in [5, 5.41) is 6.57. The summed E-state index contributed by atoms with van der Waals surface area (Å²) in [6, 6.07) is 0.461. The number of nitrogens with one attached hydrogen (secondary N) is 2. The average Bonchev–Trinajstić information content (AvgIpc) is 3.46. The average molecular weight is 475 g/mol. The van der Waals surface area contributed by atoms with Crippen LogP contribution in [-0.2, 0) is 4.79 Å². The third kappa shape index (κ3) is 5.24. The van der Waals surface area contributed by atoms with E-state index in [1.807, 2.05) is 0 Å². The number of aliphatic imine (C=N–C) groups is 1. The first-order chi connectivity index (χ1) is 12.2. The molecule has 0 spiro atoms. The maximum absolute atomic E-state index is 12.0. The molecule has 1 aliphatic heterocycles. The molecule has 1 amide bonds. The summed E-state index contributed by atoms with van der Waals surface area (Å²) in [5.41, 5.74) is 0.559. The molecule has 26 heavy (non-hydrogen) atoms. The van der Waals surface area contributed by atoms with Gasteiger partial charge >= 0.3 is 0 Å². The Morgan fingerprint density at radius 2 is 1.81 bits per heavy atom. The molecule has 0 aromatic carbocycles. The number of hydrogen-bond donors (Lipinski definition) is 2. The van der Waals surface area contributed by atoms with Crippen LogP contribution in [0.25, 0.3) is 0 Å². The van der Waals surface area contributed by atoms with E-state index < -0.39 is 0 Å². The second-order valence-corrected chi connectivity index (χ2v) is 8.41. The van der Waals surface area contributed by atoms with Crippen LogP contribution in [-0.4, -0.2) is 73.5 Å². The number of nitrogens with zero attached hydrogens (tertiary/aromatic N) is 3. The fourth-order valence-corrected chi connectivity index (χ4v) is 4.03. The van der Waals surface area contributed by atoms with Crippen LogP contribution >= 0.6 is 24.0 Å². The van der Waals surface area contributed by atoms with Crippen molar-refractivity contribution in [3.63, 3.8) is 0 Å². The molecule has 0 aromatic heterocycles. The molecule has 4 fully saturated rings. The SMILES string of the molecule is CCNC(=NCC1(C2CC2)CC1)N1CCN(CC(=O)NC2CC2)CC1.I. The molecule has 0 bridgehead atoms. The largest absolute Gasteiger partial charge is 0.357 e. The quantitative estimate of drug-likeness (QED) is 0.334. The summed E-state index contributed by atoms with van der Waals surface area (Å²) < 4.78 is 0. The second kappa shape index (κ2) is 8.63. The predicted octanol–water partition coefficient (Wildman–Crippen LogP) is 1.66. The van der Waals surface area contributed by atoms with Gasteiger partial charge < -0.3 is 15.5 Å². The number of hydrogen-bond acceptors (Lipinski definition) is 3. The molecule has 0 atom stereocenters. The van der Waals surface area contributed by atoms with Crippen molar-refractivity contribution in [3.8, 4) is 0 Å². The highest BCUT2D eigenvalue weighted by atomic mass is 127. The number of rotatable bonds is 7. The first kappa shape index (κ1) is 20.2. The minimum absolute atomic E-state index is 0. The van der Waals surface area contributed by atoms with Crippen molar-refractivity contribution in [1.82, 2.24) is 20.4 Å². The molecule has 4 aliphatic rings. The number of guanidine groups is 1. The van der Waals surface area contributed by atoms with Crippen LogP contribution in [0.3, 0.4) is 0 Å². The van der Waals surface area contributed by atoms with Crippen molar-refractivity contribution in [2.24, 2.45) is 16.3 Å². The van der Waals surface area contributed by atoms with Crippen molar-refractivity contribution >= 4 is 35.8 Å². The number of carbonyl (C=O) groups excluding carboxylic acids is 1. The number of amides is 1. The van der Waals surface area contributed by atoms with Gasteiger partial charge in [-0.05, 0) is 56.8 Å². The summed E-state index contributed by atoms with van der Waals surface area (Å²) in [6.07, 6.45) is 7.92. The van der Waals surface area contributed by atoms with Crippen LogP contribution in [0.5, 0.6) is 0 Å². The van der Waals surface area contributed by atoms with Crippen molar-refractivity contribution < 1.29 is 4.79 Å². The van der Waals surface area contributed by atoms with Gasteiger partial charge in [-0.15, -0.1) is 24.0 Å². The standard InChI is InChI=1S/C19H33N5O.HI/c1-2-20-18(21-14-19(7-8-19)15-3-4-15)24-11-9-23(10-12-24)13-17(25)22-16-5-6-16;/h15-16H,2-14H2,1H3,(H,20,21)(H,22,25);1H. The molecule has 148 valence electrons. The zero-order valence-corrected chi connectivity index (χ0v) is 18.3. The maximum atomic E-state index is 12.0. The first-order valence-corrected chi connectivity index (χ1v) is 10.2. The first-order valence-electron chi connectivity index (χ1n) is 10.2. The summed E-state index contributed by atoms with van der Waals surface area (Å²) in [7, 11) is 0. The third-order valence-electron chi connectivity index (χ3n) is 6.20. The van der Waals surface area contributed by atoms with Gasteiger partial charge in [0, 0.05) is 45.3 Å². The van der Waals surface area contributed by atoms with Crippen molar-refractivity contribution in [2.75, 3.05) is 45.8 Å². The van der Waals surface area contributed by atoms with Crippen molar-refractivity contribution in [3.05, 3.63) is 0 Å². The van der Waals surface area contributed by atoms with E-state index in [4.69, 9.17) is 4.99 Å². The highest BCUT2D eigenvalue weighted by molar-refractivity contribution is 14.0. The van der Waals surface area contributed by atoms with Gasteiger partial charge in [0.05, 0.1) is 6.54 Å². The molecule has 1 saturated heterocycles. The van der Waals surface area contributed by atoms with Crippen LogP contribution < -0.4 is 10.6 Å². The van der Waals surface area contributed by atoms with Crippen LogP contribution in [0.2, 0.25) is 0 Å². The van der Waals surface area contributed by atoms with Crippen molar-refractivity contribution in [2.45, 2.75) is 51.5 Å². The predicted molar refractivity (Wildman–Crippen MR) is 115 cm³/mol. The molecule has 6 nitrogen and oxygen atoms in total. The van der Waals surface area contributed by atoms with E-state index in [0.29, 0.717) is 18.0 Å². The zero-order chi connectivity index (χ0) is 17.3. The van der Waals surface area contributed by atoms with Gasteiger partial charge in [-0.1, -0.05) is 0 Å². The highest BCUT2D eigenvalue weighted by Gasteiger charge is 2.53. The van der Waals surface area contributed by atoms with E-state index in [2.05, 4.69) is 27.4 Å². The Kier molecular flexibility index (Phi) is 6.69. The molecule has 3 saturated carbocycles. The van der Waals surface area contributed by atoms with E-state index in [1.54, 1.807) is 0 Å². The van der Waals surface area contributed by atoms with Gasteiger partial charge in [0.2, 0.25) is 5.91 Å². The highest BCUT2D eigenvalue weighted by Crippen LogP contribution is 2.61. The molecular weight excluding hydrogens is 441 g/mol. The summed E-state index contributed by atoms with van der Waals surface area (Å²) in [6.45, 7) is 8.40. The summed E-state index contributed by atoms with van der Waals surface area (Å²) in [4.78, 5) is 21.6. The lowest BCUT2D eigenvalue weighted by atomic mass is 10.0. The summed E-state index contributed by atoms with van der Waals surface area (Å²) >= 11 is 0. The Balaban J connectivity index is 0.00000196. The minimum atomic E-state index is 0. The molecule has 0 aromatic rings. The van der Waals surface area contributed by atoms with Crippen molar-refractivity contribution in [1.29, 1.82) is 0 Å². The molecular formula is C19H34IN5O. The minimum Gasteiger partial charge on any atom is -0.357 e. The number of halogens is 1. The van der Waals surface area contributed by atoms with Gasteiger partial charge in [-0.2, -0.15) is 0 Å². The fraction of sp³-hybridized carbons (Fsp3) is 0.895. The Labute approximate surface area is 174 Å². The maximum Gasteiger partial charge on any atom is 0.234 e. The van der Waals surface area contributed by atoms with Gasteiger partial charge in [0.15, 0.2) is 5.96 Å². The van der Waals surface area contributed by atoms with Crippen LogP contribution in [0.4, 0.5) is 0 Å². The van der Waals surface area contributed by atoms with E-state index in [1.165, 1.54) is 25.7 Å². The Bertz CT molecular complexity index is 520. The topological polar surface area (TPSA) is 60.0 Å². The molecule has 3 aliphatic carbocycles. The van der Waals surface area contributed by atoms with Gasteiger partial charge in [0.1, 0.15) is 0 Å². The van der Waals surface area contributed by atoms with Crippen LogP contribution in [0, 0.1) is 11.3 Å². The van der Waals surface area contributed by atoms with E-state index >= 15 is 0 Å². The Morgan fingerprint density at radius 1 is 1.12 bits per heavy atom. The second-order valence-electron chi connectivity index (χ2n) is 8.41. The normalized spacial score (nSPS) is 25.4. The Morgan fingerprint density at radius 3 is 2.35 bits per heavy atom. The monoisotopic (exact) mass is 475 g/mol. The third-order valence-corrected chi connectivity index (χ3v) is 6.20. The zero-order valence-electron chi connectivity index (χ0n) is 16.0. The van der Waals surface area contributed by atoms with Crippen LogP contribution in [0.1, 0.15) is 45.4 Å². The van der Waals surface area contributed by atoms with E-state index in [-0.39, 0.29) is 29.9 Å². The molecule has 2 N–H and O–H groups in total. The molecule has 7 heteroatoms. The molecule has 4 rings (SSSR count). The lowest BCUT2D eigenvalue weighted by Gasteiger charge is -2.36. The van der Waals surface area contributed by atoms with Gasteiger partial charge in [0.25, 0.3) is 0 Å². The lowest BCUT2D eigenvalue weighted by Crippen LogP contribution is -2.54. The molecule has 0 radical (unpaired) electrons. The smallest absolute Gasteiger partial charge is 0.234 e. The van der Waals surface area contributed by atoms with Gasteiger partial charge in [-0.25, -0.2) is 0 Å². The number of piperazine rings is 1.